The van der Waals surface area contributed by atoms with Crippen LogP contribution in [0.1, 0.15) is 18.6 Å². The van der Waals surface area contributed by atoms with Crippen LogP contribution in [0.25, 0.3) is 17.2 Å². The molecule has 5 nitrogen and oxygen atoms in total. The van der Waals surface area contributed by atoms with Crippen LogP contribution in [0.4, 0.5) is 4.39 Å². The molecule has 1 heterocycles. The first-order valence-electron chi connectivity index (χ1n) is 7.05. The molecule has 23 heavy (non-hydrogen) atoms. The van der Waals surface area contributed by atoms with E-state index in [0.29, 0.717) is 5.76 Å². The van der Waals surface area contributed by atoms with Gasteiger partial charge in [0.25, 0.3) is 0 Å². The second-order valence-electron chi connectivity index (χ2n) is 5.12. The smallest absolute Gasteiger partial charge is 0.305 e. The normalized spacial score (nSPS) is 14.0. The van der Waals surface area contributed by atoms with E-state index in [4.69, 9.17) is 9.52 Å². The van der Waals surface area contributed by atoms with Crippen molar-refractivity contribution in [1.82, 2.24) is 0 Å². The maximum Gasteiger partial charge on any atom is 0.305 e. The van der Waals surface area contributed by atoms with Crippen LogP contribution in [0.2, 0.25) is 0 Å². The molecule has 0 radical (unpaired) electrons. The van der Waals surface area contributed by atoms with Gasteiger partial charge in [0.1, 0.15) is 11.6 Å². The highest BCUT2D eigenvalue weighted by molar-refractivity contribution is 5.72. The molecule has 1 aromatic carbocycles. The fourth-order valence-corrected chi connectivity index (χ4v) is 2.16. The summed E-state index contributed by atoms with van der Waals surface area (Å²) >= 11 is 0. The minimum absolute atomic E-state index is 0.0879. The Labute approximate surface area is 132 Å². The molecule has 6 heteroatoms. The predicted molar refractivity (Wildman–Crippen MR) is 82.0 cm³/mol. The Morgan fingerprint density at radius 3 is 2.57 bits per heavy atom. The molecule has 0 aliphatic carbocycles. The number of rotatable bonds is 7. The Bertz CT molecular complexity index is 675. The van der Waals surface area contributed by atoms with Crippen molar-refractivity contribution in [1.29, 1.82) is 0 Å². The molecule has 0 unspecified atom stereocenters. The molecule has 0 spiro atoms. The van der Waals surface area contributed by atoms with Crippen molar-refractivity contribution in [2.24, 2.45) is 0 Å². The van der Waals surface area contributed by atoms with Crippen molar-refractivity contribution >= 4 is 12.0 Å². The van der Waals surface area contributed by atoms with E-state index in [1.807, 2.05) is 0 Å². The number of aliphatic hydroxyl groups excluding tert-OH is 2. The molecule has 3 N–H and O–H groups in total. The van der Waals surface area contributed by atoms with Gasteiger partial charge in [0, 0.05) is 12.0 Å². The summed E-state index contributed by atoms with van der Waals surface area (Å²) in [5, 5.41) is 27.8. The molecule has 0 amide bonds. The van der Waals surface area contributed by atoms with E-state index < -0.39 is 24.6 Å². The van der Waals surface area contributed by atoms with Gasteiger partial charge in [-0.05, 0) is 29.8 Å². The largest absolute Gasteiger partial charge is 0.481 e. The number of aliphatic carboxylic acids is 1. The van der Waals surface area contributed by atoms with Crippen molar-refractivity contribution in [3.8, 4) is 11.1 Å². The molecule has 2 atom stereocenters. The van der Waals surface area contributed by atoms with E-state index in [2.05, 4.69) is 0 Å². The number of halogens is 1. The molecule has 0 saturated heterocycles. The SMILES string of the molecule is O=C(O)C[C@@H](O)C[C@H](O)C=Cc1occc1-c1ccc(F)cc1. The van der Waals surface area contributed by atoms with Gasteiger partial charge in [0.2, 0.25) is 0 Å². The highest BCUT2D eigenvalue weighted by Gasteiger charge is 2.14. The summed E-state index contributed by atoms with van der Waals surface area (Å²) in [5.74, 6) is -0.987. The molecule has 2 aromatic rings. The summed E-state index contributed by atoms with van der Waals surface area (Å²) in [4.78, 5) is 10.5. The fraction of sp³-hybridized carbons (Fsp3) is 0.235. The number of aliphatic hydroxyl groups is 2. The number of benzene rings is 1. The third kappa shape index (κ3) is 5.05. The first kappa shape index (κ1) is 16.9. The average Bonchev–Trinajstić information content (AvgIpc) is 2.93. The molecule has 1 aromatic heterocycles. The first-order valence-corrected chi connectivity index (χ1v) is 7.05. The standard InChI is InChI=1S/C17H17FO5/c18-12-3-1-11(2-4-12)15-7-8-23-16(15)6-5-13(19)9-14(20)10-17(21)22/h1-8,13-14,19-20H,9-10H2,(H,21,22)/t13-,14+/m1/s1. The van der Waals surface area contributed by atoms with Crippen LogP contribution in [0.3, 0.4) is 0 Å². The molecular weight excluding hydrogens is 303 g/mol. The van der Waals surface area contributed by atoms with E-state index in [9.17, 15) is 19.4 Å². The molecule has 0 bridgehead atoms. The number of hydrogen-bond donors (Lipinski definition) is 3. The maximum absolute atomic E-state index is 13.0. The van der Waals surface area contributed by atoms with E-state index in [1.54, 1.807) is 18.2 Å². The monoisotopic (exact) mass is 320 g/mol. The Balaban J connectivity index is 2.04. The van der Waals surface area contributed by atoms with Crippen LogP contribution in [0.5, 0.6) is 0 Å². The Kier molecular flexibility index (Phi) is 5.67. The first-order chi connectivity index (χ1) is 11.0. The Morgan fingerprint density at radius 1 is 1.22 bits per heavy atom. The zero-order chi connectivity index (χ0) is 16.8. The van der Waals surface area contributed by atoms with Crippen molar-refractivity contribution in [3.05, 3.63) is 54.2 Å². The summed E-state index contributed by atoms with van der Waals surface area (Å²) < 4.78 is 18.3. The maximum atomic E-state index is 13.0. The van der Waals surface area contributed by atoms with E-state index >= 15 is 0 Å². The van der Waals surface area contributed by atoms with Crippen LogP contribution in [-0.2, 0) is 4.79 Å². The summed E-state index contributed by atoms with van der Waals surface area (Å²) in [6.45, 7) is 0. The third-order valence-electron chi connectivity index (χ3n) is 3.24. The van der Waals surface area contributed by atoms with Gasteiger partial charge in [-0.25, -0.2) is 4.39 Å². The van der Waals surface area contributed by atoms with Crippen molar-refractivity contribution in [2.75, 3.05) is 0 Å². The Hall–Kier alpha value is -2.44. The van der Waals surface area contributed by atoms with Gasteiger partial charge in [0.05, 0.1) is 24.9 Å². The van der Waals surface area contributed by atoms with Crippen molar-refractivity contribution in [2.45, 2.75) is 25.0 Å². The number of furan rings is 1. The second kappa shape index (κ2) is 7.71. The Morgan fingerprint density at radius 2 is 1.91 bits per heavy atom. The third-order valence-corrected chi connectivity index (χ3v) is 3.24. The van der Waals surface area contributed by atoms with Gasteiger partial charge in [-0.1, -0.05) is 18.2 Å². The highest BCUT2D eigenvalue weighted by atomic mass is 19.1. The quantitative estimate of drug-likeness (QED) is 0.729. The lowest BCUT2D eigenvalue weighted by Gasteiger charge is -2.10. The molecule has 0 aliphatic rings. The zero-order valence-electron chi connectivity index (χ0n) is 12.2. The second-order valence-corrected chi connectivity index (χ2v) is 5.12. The van der Waals surface area contributed by atoms with E-state index in [1.165, 1.54) is 30.5 Å². The average molecular weight is 320 g/mol. The molecular formula is C17H17FO5. The van der Waals surface area contributed by atoms with Crippen LogP contribution in [-0.4, -0.2) is 33.5 Å². The van der Waals surface area contributed by atoms with Crippen molar-refractivity contribution < 1.29 is 28.9 Å². The minimum atomic E-state index is -1.13. The minimum Gasteiger partial charge on any atom is -0.481 e. The van der Waals surface area contributed by atoms with Gasteiger partial charge in [-0.15, -0.1) is 0 Å². The van der Waals surface area contributed by atoms with Gasteiger partial charge in [0.15, 0.2) is 0 Å². The summed E-state index contributed by atoms with van der Waals surface area (Å²) in [6, 6.07) is 7.63. The summed E-state index contributed by atoms with van der Waals surface area (Å²) in [7, 11) is 0. The van der Waals surface area contributed by atoms with E-state index in [0.717, 1.165) is 11.1 Å². The molecule has 0 saturated carbocycles. The lowest BCUT2D eigenvalue weighted by atomic mass is 10.0. The topological polar surface area (TPSA) is 90.9 Å². The highest BCUT2D eigenvalue weighted by Crippen LogP contribution is 2.26. The van der Waals surface area contributed by atoms with Crippen LogP contribution >= 0.6 is 0 Å². The predicted octanol–water partition coefficient (Wildman–Crippen LogP) is 2.69. The lowest BCUT2D eigenvalue weighted by molar-refractivity contribution is -0.139. The zero-order valence-corrected chi connectivity index (χ0v) is 12.2. The number of carboxylic acids is 1. The van der Waals surface area contributed by atoms with Gasteiger partial charge in [-0.2, -0.15) is 0 Å². The lowest BCUT2D eigenvalue weighted by Crippen LogP contribution is -2.19. The molecule has 2 rings (SSSR count). The van der Waals surface area contributed by atoms with Crippen LogP contribution in [0, 0.1) is 5.82 Å². The van der Waals surface area contributed by atoms with Gasteiger partial charge < -0.3 is 19.7 Å². The van der Waals surface area contributed by atoms with Crippen LogP contribution in [0.15, 0.2) is 47.1 Å². The number of carboxylic acid groups (broad SMARTS) is 1. The molecule has 122 valence electrons. The van der Waals surface area contributed by atoms with Gasteiger partial charge in [-0.3, -0.25) is 4.79 Å². The van der Waals surface area contributed by atoms with Crippen LogP contribution < -0.4 is 0 Å². The van der Waals surface area contributed by atoms with Gasteiger partial charge >= 0.3 is 5.97 Å². The number of carbonyl (C=O) groups is 1. The fourth-order valence-electron chi connectivity index (χ4n) is 2.16. The van der Waals surface area contributed by atoms with Crippen molar-refractivity contribution in [3.63, 3.8) is 0 Å². The summed E-state index contributed by atoms with van der Waals surface area (Å²) in [6.07, 6.45) is 1.79. The molecule has 0 fully saturated rings. The molecule has 0 aliphatic heterocycles. The summed E-state index contributed by atoms with van der Waals surface area (Å²) in [5.41, 5.74) is 1.50. The number of hydrogen-bond acceptors (Lipinski definition) is 4. The van der Waals surface area contributed by atoms with E-state index in [-0.39, 0.29) is 12.2 Å².